The molecule has 0 bridgehead atoms. The van der Waals surface area contributed by atoms with E-state index >= 15 is 0 Å². The molecule has 2 aromatic carbocycles. The van der Waals surface area contributed by atoms with E-state index in [1.807, 2.05) is 62.4 Å². The molecule has 2 aromatic rings. The minimum Gasteiger partial charge on any atom is -0.494 e. The number of aryl methyl sites for hydroxylation is 1. The lowest BCUT2D eigenvalue weighted by Crippen LogP contribution is -2.32. The molecule has 5 nitrogen and oxygen atoms in total. The van der Waals surface area contributed by atoms with Gasteiger partial charge in [-0.05, 0) is 75.9 Å². The van der Waals surface area contributed by atoms with E-state index in [1.165, 1.54) is 0 Å². The second kappa shape index (κ2) is 9.40. The van der Waals surface area contributed by atoms with Crippen LogP contribution in [0.25, 0.3) is 0 Å². The smallest absolute Gasteiger partial charge is 0.227 e. The van der Waals surface area contributed by atoms with Gasteiger partial charge in [-0.2, -0.15) is 0 Å². The van der Waals surface area contributed by atoms with Crippen molar-refractivity contribution in [2.45, 2.75) is 39.5 Å². The van der Waals surface area contributed by atoms with E-state index in [9.17, 15) is 9.59 Å². The monoisotopic (exact) mass is 380 g/mol. The Labute approximate surface area is 166 Å². The Bertz CT molecular complexity index is 792. The summed E-state index contributed by atoms with van der Waals surface area (Å²) in [5.74, 6) is 0.794. The van der Waals surface area contributed by atoms with Crippen LogP contribution in [-0.2, 0) is 9.59 Å². The second-order valence-corrected chi connectivity index (χ2v) is 7.35. The van der Waals surface area contributed by atoms with E-state index in [2.05, 4.69) is 10.6 Å². The highest BCUT2D eigenvalue weighted by molar-refractivity contribution is 5.94. The lowest BCUT2D eigenvalue weighted by molar-refractivity contribution is -0.125. The fraction of sp³-hybridized carbons (Fsp3) is 0.391. The number of rotatable bonds is 6. The Morgan fingerprint density at radius 3 is 1.68 bits per heavy atom. The van der Waals surface area contributed by atoms with E-state index in [0.29, 0.717) is 6.61 Å². The zero-order chi connectivity index (χ0) is 19.9. The molecule has 1 aliphatic rings. The second-order valence-electron chi connectivity index (χ2n) is 7.35. The van der Waals surface area contributed by atoms with Gasteiger partial charge in [-0.25, -0.2) is 0 Å². The van der Waals surface area contributed by atoms with Crippen LogP contribution in [-0.4, -0.2) is 18.4 Å². The molecule has 148 valence electrons. The highest BCUT2D eigenvalue weighted by atomic mass is 16.5. The van der Waals surface area contributed by atoms with Crippen LogP contribution in [0.2, 0.25) is 0 Å². The Balaban J connectivity index is 1.46. The molecule has 1 saturated carbocycles. The van der Waals surface area contributed by atoms with E-state index in [0.717, 1.165) is 48.4 Å². The van der Waals surface area contributed by atoms with Gasteiger partial charge in [-0.3, -0.25) is 9.59 Å². The van der Waals surface area contributed by atoms with Gasteiger partial charge in [0, 0.05) is 23.2 Å². The summed E-state index contributed by atoms with van der Waals surface area (Å²) in [6.07, 6.45) is 2.93. The van der Waals surface area contributed by atoms with Crippen molar-refractivity contribution in [2.24, 2.45) is 11.8 Å². The lowest BCUT2D eigenvalue weighted by atomic mass is 9.81. The molecule has 0 unspecified atom stereocenters. The average molecular weight is 380 g/mol. The van der Waals surface area contributed by atoms with Gasteiger partial charge < -0.3 is 15.4 Å². The van der Waals surface area contributed by atoms with Crippen LogP contribution in [0.3, 0.4) is 0 Å². The number of hydrogen-bond acceptors (Lipinski definition) is 3. The summed E-state index contributed by atoms with van der Waals surface area (Å²) in [5.41, 5.74) is 2.76. The standard InChI is InChI=1S/C23H28N2O3/c1-3-28-21-14-12-20(13-15-21)25-23(27)18-8-6-17(7-9-18)22(26)24-19-10-4-16(2)5-11-19/h4-5,10-15,17-18H,3,6-9H2,1-2H3,(H,24,26)(H,25,27). The van der Waals surface area contributed by atoms with Crippen molar-refractivity contribution >= 4 is 23.2 Å². The first-order valence-corrected chi connectivity index (χ1v) is 9.96. The molecule has 2 N–H and O–H groups in total. The number of hydrogen-bond donors (Lipinski definition) is 2. The molecule has 0 radical (unpaired) electrons. The third kappa shape index (κ3) is 5.35. The number of carbonyl (C=O) groups is 2. The minimum absolute atomic E-state index is 0.0292. The third-order valence-corrected chi connectivity index (χ3v) is 5.22. The molecule has 5 heteroatoms. The van der Waals surface area contributed by atoms with Crippen LogP contribution >= 0.6 is 0 Å². The average Bonchev–Trinajstić information content (AvgIpc) is 2.71. The molecule has 0 aliphatic heterocycles. The summed E-state index contributed by atoms with van der Waals surface area (Å²) in [6, 6.07) is 15.2. The molecular weight excluding hydrogens is 352 g/mol. The van der Waals surface area contributed by atoms with E-state index < -0.39 is 0 Å². The summed E-state index contributed by atoms with van der Waals surface area (Å²) >= 11 is 0. The minimum atomic E-state index is -0.0463. The Kier molecular flexibility index (Phi) is 6.69. The molecule has 28 heavy (non-hydrogen) atoms. The van der Waals surface area contributed by atoms with Crippen molar-refractivity contribution in [2.75, 3.05) is 17.2 Å². The van der Waals surface area contributed by atoms with Crippen molar-refractivity contribution in [3.63, 3.8) is 0 Å². The van der Waals surface area contributed by atoms with Crippen LogP contribution in [0.4, 0.5) is 11.4 Å². The van der Waals surface area contributed by atoms with E-state index in [4.69, 9.17) is 4.74 Å². The predicted molar refractivity (Wildman–Crippen MR) is 111 cm³/mol. The maximum atomic E-state index is 12.5. The van der Waals surface area contributed by atoms with Crippen LogP contribution in [0.15, 0.2) is 48.5 Å². The Morgan fingerprint density at radius 1 is 0.821 bits per heavy atom. The largest absolute Gasteiger partial charge is 0.494 e. The highest BCUT2D eigenvalue weighted by Crippen LogP contribution is 2.31. The first kappa shape index (κ1) is 19.9. The van der Waals surface area contributed by atoms with Crippen LogP contribution < -0.4 is 15.4 Å². The number of carbonyl (C=O) groups excluding carboxylic acids is 2. The van der Waals surface area contributed by atoms with E-state index in [-0.39, 0.29) is 23.7 Å². The first-order valence-electron chi connectivity index (χ1n) is 9.96. The summed E-state index contributed by atoms with van der Waals surface area (Å²) in [6.45, 7) is 4.57. The molecular formula is C23H28N2O3. The first-order chi connectivity index (χ1) is 13.5. The maximum Gasteiger partial charge on any atom is 0.227 e. The quantitative estimate of drug-likeness (QED) is 0.758. The van der Waals surface area contributed by atoms with Crippen LogP contribution in [0.1, 0.15) is 38.2 Å². The normalized spacial score (nSPS) is 18.9. The van der Waals surface area contributed by atoms with Crippen LogP contribution in [0.5, 0.6) is 5.75 Å². The van der Waals surface area contributed by atoms with Crippen molar-refractivity contribution in [1.29, 1.82) is 0 Å². The lowest BCUT2D eigenvalue weighted by Gasteiger charge is -2.27. The summed E-state index contributed by atoms with van der Waals surface area (Å²) in [7, 11) is 0. The molecule has 3 rings (SSSR count). The zero-order valence-corrected chi connectivity index (χ0v) is 16.5. The Morgan fingerprint density at radius 2 is 1.25 bits per heavy atom. The van der Waals surface area contributed by atoms with Gasteiger partial charge in [0.25, 0.3) is 0 Å². The van der Waals surface area contributed by atoms with Crippen molar-refractivity contribution in [1.82, 2.24) is 0 Å². The maximum absolute atomic E-state index is 12.5. The molecule has 0 saturated heterocycles. The highest BCUT2D eigenvalue weighted by Gasteiger charge is 2.30. The number of ether oxygens (including phenoxy) is 1. The SMILES string of the molecule is CCOc1ccc(NC(=O)C2CCC(C(=O)Nc3ccc(C)cc3)CC2)cc1. The molecule has 0 heterocycles. The summed E-state index contributed by atoms with van der Waals surface area (Å²) in [4.78, 5) is 25.0. The van der Waals surface area contributed by atoms with E-state index in [1.54, 1.807) is 0 Å². The number of anilines is 2. The van der Waals surface area contributed by atoms with Gasteiger partial charge >= 0.3 is 0 Å². The number of benzene rings is 2. The number of nitrogens with one attached hydrogen (secondary N) is 2. The fourth-order valence-electron chi connectivity index (χ4n) is 3.54. The van der Waals surface area contributed by atoms with Gasteiger partial charge in [0.1, 0.15) is 5.75 Å². The zero-order valence-electron chi connectivity index (χ0n) is 16.5. The summed E-state index contributed by atoms with van der Waals surface area (Å²) in [5, 5.41) is 5.96. The molecule has 0 aromatic heterocycles. The fourth-order valence-corrected chi connectivity index (χ4v) is 3.54. The molecule has 2 amide bonds. The van der Waals surface area contributed by atoms with Gasteiger partial charge in [0.05, 0.1) is 6.61 Å². The summed E-state index contributed by atoms with van der Waals surface area (Å²) < 4.78 is 5.41. The third-order valence-electron chi connectivity index (χ3n) is 5.22. The van der Waals surface area contributed by atoms with Gasteiger partial charge in [-0.15, -0.1) is 0 Å². The van der Waals surface area contributed by atoms with Gasteiger partial charge in [-0.1, -0.05) is 17.7 Å². The van der Waals surface area contributed by atoms with Gasteiger partial charge in [0.2, 0.25) is 11.8 Å². The molecule has 0 spiro atoms. The molecule has 1 aliphatic carbocycles. The van der Waals surface area contributed by atoms with Crippen molar-refractivity contribution in [3.8, 4) is 5.75 Å². The van der Waals surface area contributed by atoms with Gasteiger partial charge in [0.15, 0.2) is 0 Å². The predicted octanol–water partition coefficient (Wildman–Crippen LogP) is 4.78. The topological polar surface area (TPSA) is 67.4 Å². The number of amides is 2. The molecule has 1 fully saturated rings. The van der Waals surface area contributed by atoms with Crippen molar-refractivity contribution < 1.29 is 14.3 Å². The molecule has 0 atom stereocenters. The van der Waals surface area contributed by atoms with Crippen LogP contribution in [0, 0.1) is 18.8 Å². The van der Waals surface area contributed by atoms with Crippen molar-refractivity contribution in [3.05, 3.63) is 54.1 Å². The Hall–Kier alpha value is -2.82.